The number of ether oxygens (including phenoxy) is 1. The Bertz CT molecular complexity index is 1350. The van der Waals surface area contributed by atoms with E-state index in [1.165, 1.54) is 11.0 Å². The molecule has 164 valence electrons. The number of fused-ring (bicyclic) bond motifs is 2. The highest BCUT2D eigenvalue weighted by Crippen LogP contribution is 2.35. The molecule has 0 unspecified atom stereocenters. The number of carbonyl (C=O) groups excluding carboxylic acids is 1. The second kappa shape index (κ2) is 7.75. The molecule has 32 heavy (non-hydrogen) atoms. The fraction of sp³-hybridized carbons (Fsp3) is 0.190. The van der Waals surface area contributed by atoms with Crippen LogP contribution in [0.1, 0.15) is 5.56 Å². The summed E-state index contributed by atoms with van der Waals surface area (Å²) in [5.41, 5.74) is 2.15. The first kappa shape index (κ1) is 20.7. The average Bonchev–Trinajstić information content (AvgIpc) is 2.77. The van der Waals surface area contributed by atoms with E-state index < -0.39 is 9.84 Å². The smallest absolute Gasteiger partial charge is 0.330 e. The van der Waals surface area contributed by atoms with Gasteiger partial charge in [0.15, 0.2) is 9.84 Å². The maximum absolute atomic E-state index is 13.0. The summed E-state index contributed by atoms with van der Waals surface area (Å²) in [5, 5.41) is 3.06. The van der Waals surface area contributed by atoms with Gasteiger partial charge in [0.2, 0.25) is 5.95 Å². The molecular formula is C21H18BrN5O4S. The van der Waals surface area contributed by atoms with Gasteiger partial charge in [0.25, 0.3) is 0 Å². The maximum atomic E-state index is 13.0. The lowest BCUT2D eigenvalue weighted by molar-refractivity contribution is 0.251. The molecule has 2 aliphatic heterocycles. The number of amides is 2. The quantitative estimate of drug-likeness (QED) is 0.566. The number of anilines is 4. The largest absolute Gasteiger partial charge is 0.491 e. The highest BCUT2D eigenvalue weighted by atomic mass is 79.9. The van der Waals surface area contributed by atoms with Crippen LogP contribution in [0.15, 0.2) is 58.0 Å². The molecule has 0 fully saturated rings. The molecule has 0 aliphatic carbocycles. The highest BCUT2D eigenvalue weighted by Gasteiger charge is 2.31. The van der Waals surface area contributed by atoms with Crippen molar-refractivity contribution >= 4 is 54.9 Å². The number of para-hydroxylation sites is 1. The summed E-state index contributed by atoms with van der Waals surface area (Å²) >= 11 is 3.50. The summed E-state index contributed by atoms with van der Waals surface area (Å²) < 4.78 is 30.6. The Hall–Kier alpha value is -3.18. The second-order valence-corrected chi connectivity index (χ2v) is 10.3. The van der Waals surface area contributed by atoms with Gasteiger partial charge in [-0.3, -0.25) is 9.80 Å². The van der Waals surface area contributed by atoms with Crippen LogP contribution in [0.4, 0.5) is 27.9 Å². The topological polar surface area (TPSA) is 105 Å². The van der Waals surface area contributed by atoms with Crippen LogP contribution in [-0.2, 0) is 16.4 Å². The number of nitrogens with one attached hydrogen (secondary N) is 1. The van der Waals surface area contributed by atoms with Gasteiger partial charge in [0, 0.05) is 35.0 Å². The Morgan fingerprint density at radius 3 is 2.81 bits per heavy atom. The van der Waals surface area contributed by atoms with Gasteiger partial charge in [-0.25, -0.2) is 18.2 Å². The number of urea groups is 1. The number of rotatable bonds is 3. The van der Waals surface area contributed by atoms with Crippen molar-refractivity contribution in [2.75, 3.05) is 34.5 Å². The number of hydrogen-bond donors (Lipinski definition) is 1. The van der Waals surface area contributed by atoms with E-state index in [1.807, 2.05) is 24.3 Å². The molecule has 1 aromatic heterocycles. The molecule has 3 aromatic rings. The lowest BCUT2D eigenvalue weighted by atomic mass is 10.2. The minimum absolute atomic E-state index is 0.0301. The minimum atomic E-state index is -3.32. The normalized spacial score (nSPS) is 16.8. The van der Waals surface area contributed by atoms with Crippen molar-refractivity contribution in [1.29, 1.82) is 0 Å². The number of nitrogens with zero attached hydrogens (tertiary/aromatic N) is 4. The third-order valence-electron chi connectivity index (χ3n) is 5.29. The van der Waals surface area contributed by atoms with E-state index in [9.17, 15) is 13.2 Å². The molecule has 1 N–H and O–H groups in total. The van der Waals surface area contributed by atoms with Gasteiger partial charge >= 0.3 is 6.03 Å². The van der Waals surface area contributed by atoms with Crippen molar-refractivity contribution in [1.82, 2.24) is 9.97 Å². The Morgan fingerprint density at radius 1 is 1.19 bits per heavy atom. The summed E-state index contributed by atoms with van der Waals surface area (Å²) in [7, 11) is -1.66. The van der Waals surface area contributed by atoms with Crippen LogP contribution in [-0.4, -0.2) is 43.8 Å². The van der Waals surface area contributed by atoms with Gasteiger partial charge in [-0.1, -0.05) is 12.1 Å². The number of sulfone groups is 1. The van der Waals surface area contributed by atoms with Crippen molar-refractivity contribution in [2.24, 2.45) is 0 Å². The van der Waals surface area contributed by atoms with Crippen LogP contribution in [0.3, 0.4) is 0 Å². The van der Waals surface area contributed by atoms with E-state index in [4.69, 9.17) is 4.74 Å². The molecule has 5 rings (SSSR count). The number of carbonyl (C=O) groups is 1. The average molecular weight is 516 g/mol. The van der Waals surface area contributed by atoms with Crippen molar-refractivity contribution in [3.8, 4) is 5.75 Å². The van der Waals surface area contributed by atoms with E-state index >= 15 is 0 Å². The fourth-order valence-corrected chi connectivity index (χ4v) is 5.41. The lowest BCUT2D eigenvalue weighted by Crippen LogP contribution is -2.46. The van der Waals surface area contributed by atoms with Crippen molar-refractivity contribution < 1.29 is 17.9 Å². The van der Waals surface area contributed by atoms with E-state index in [-0.39, 0.29) is 29.2 Å². The molecule has 2 aliphatic rings. The van der Waals surface area contributed by atoms with E-state index in [2.05, 4.69) is 31.2 Å². The molecule has 0 atom stereocenters. The Kier molecular flexibility index (Phi) is 5.01. The van der Waals surface area contributed by atoms with Crippen LogP contribution >= 0.6 is 15.9 Å². The molecule has 0 bridgehead atoms. The molecular weight excluding hydrogens is 498 g/mol. The highest BCUT2D eigenvalue weighted by molar-refractivity contribution is 9.10. The zero-order valence-electron chi connectivity index (χ0n) is 16.9. The van der Waals surface area contributed by atoms with Crippen LogP contribution < -0.4 is 19.9 Å². The van der Waals surface area contributed by atoms with Crippen molar-refractivity contribution in [2.45, 2.75) is 11.4 Å². The molecule has 2 amide bonds. The monoisotopic (exact) mass is 515 g/mol. The van der Waals surface area contributed by atoms with Crippen LogP contribution in [0.5, 0.6) is 5.75 Å². The summed E-state index contributed by atoms with van der Waals surface area (Å²) in [6, 6.07) is 12.1. The van der Waals surface area contributed by atoms with Gasteiger partial charge < -0.3 is 10.1 Å². The van der Waals surface area contributed by atoms with Gasteiger partial charge in [-0.15, -0.1) is 0 Å². The second-order valence-electron chi connectivity index (χ2n) is 7.38. The van der Waals surface area contributed by atoms with Gasteiger partial charge in [-0.2, -0.15) is 4.98 Å². The molecule has 3 heterocycles. The Balaban J connectivity index is 1.43. The van der Waals surface area contributed by atoms with Gasteiger partial charge in [0.1, 0.15) is 23.1 Å². The van der Waals surface area contributed by atoms with Crippen molar-refractivity contribution in [3.05, 3.63) is 58.7 Å². The predicted molar refractivity (Wildman–Crippen MR) is 123 cm³/mol. The van der Waals surface area contributed by atoms with Crippen LogP contribution in [0.25, 0.3) is 0 Å². The predicted octanol–water partition coefficient (Wildman–Crippen LogP) is 3.73. The third-order valence-corrected chi connectivity index (χ3v) is 7.68. The lowest BCUT2D eigenvalue weighted by Gasteiger charge is -2.34. The number of hydrogen-bond acceptors (Lipinski definition) is 7. The number of aromatic nitrogens is 2. The molecule has 0 saturated carbocycles. The summed E-state index contributed by atoms with van der Waals surface area (Å²) in [6.07, 6.45) is 1.68. The molecule has 0 spiro atoms. The van der Waals surface area contributed by atoms with Crippen molar-refractivity contribution in [3.63, 3.8) is 0 Å². The van der Waals surface area contributed by atoms with Gasteiger partial charge in [-0.05, 0) is 40.2 Å². The van der Waals surface area contributed by atoms with Crippen LogP contribution in [0, 0.1) is 0 Å². The number of benzene rings is 2. The van der Waals surface area contributed by atoms with E-state index in [0.29, 0.717) is 23.8 Å². The molecule has 0 saturated heterocycles. The van der Waals surface area contributed by atoms with E-state index in [1.54, 1.807) is 30.3 Å². The third kappa shape index (κ3) is 3.56. The first-order valence-corrected chi connectivity index (χ1v) is 12.2. The maximum Gasteiger partial charge on any atom is 0.330 e. The zero-order chi connectivity index (χ0) is 22.5. The molecule has 11 heteroatoms. The first-order chi connectivity index (χ1) is 15.3. The standard InChI is InChI=1S/C21H18BrN5O4S/c1-26-19-13(12-27(21(26)28)16-5-3-2-4-15(16)22)11-23-20(25-19)24-14-6-7-18-17(10-14)31-8-9-32(18,29)30/h2-7,10-11H,8-9,12H2,1H3,(H,23,24,25). The number of halogens is 1. The Labute approximate surface area is 193 Å². The summed E-state index contributed by atoms with van der Waals surface area (Å²) in [5.74, 6) is 1.07. The van der Waals surface area contributed by atoms with E-state index in [0.717, 1.165) is 15.7 Å². The first-order valence-electron chi connectivity index (χ1n) is 9.76. The minimum Gasteiger partial charge on any atom is -0.491 e. The fourth-order valence-electron chi connectivity index (χ4n) is 3.68. The molecule has 2 aromatic carbocycles. The van der Waals surface area contributed by atoms with Gasteiger partial charge in [0.05, 0.1) is 18.0 Å². The summed E-state index contributed by atoms with van der Waals surface area (Å²) in [6.45, 7) is 0.459. The van der Waals surface area contributed by atoms with Crippen LogP contribution in [0.2, 0.25) is 0 Å². The zero-order valence-corrected chi connectivity index (χ0v) is 19.4. The Morgan fingerprint density at radius 2 is 2.00 bits per heavy atom. The SMILES string of the molecule is CN1C(=O)N(c2ccccc2Br)Cc2cnc(Nc3ccc4c(c3)OCCS4(=O)=O)nc21. The molecule has 9 nitrogen and oxygen atoms in total. The molecule has 0 radical (unpaired) electrons. The summed E-state index contributed by atoms with van der Waals surface area (Å²) in [4.78, 5) is 25.2.